The molecule has 5 nitrogen and oxygen atoms in total. The van der Waals surface area contributed by atoms with Gasteiger partial charge < -0.3 is 14.3 Å². The first-order chi connectivity index (χ1) is 12.8. The number of fused-ring (bicyclic) bond motifs is 1. The number of H-pyrrole nitrogens is 1. The molecule has 0 bridgehead atoms. The molecule has 2 heterocycles. The fraction of sp³-hybridized carbons (Fsp3) is 0.0476. The molecule has 0 radical (unpaired) electrons. The van der Waals surface area contributed by atoms with E-state index in [0.29, 0.717) is 11.4 Å². The fourth-order valence-electron chi connectivity index (χ4n) is 2.87. The molecule has 0 fully saturated rings. The van der Waals surface area contributed by atoms with Gasteiger partial charge in [-0.25, -0.2) is 4.98 Å². The Labute approximate surface area is 150 Å². The van der Waals surface area contributed by atoms with Crippen LogP contribution in [0, 0.1) is 11.3 Å². The Morgan fingerprint density at radius 2 is 1.92 bits per heavy atom. The maximum Gasteiger partial charge on any atom is 0.149 e. The molecule has 0 saturated heterocycles. The summed E-state index contributed by atoms with van der Waals surface area (Å²) in [5, 5.41) is 9.63. The Balaban J connectivity index is 1.75. The average molecular weight is 340 g/mol. The molecule has 1 N–H and O–H groups in total. The van der Waals surface area contributed by atoms with E-state index in [-0.39, 0.29) is 0 Å². The molecular formula is C21H16N4O. The molecule has 5 heteroatoms. The quantitative estimate of drug-likeness (QED) is 0.559. The molecule has 0 aliphatic rings. The second-order valence-electron chi connectivity index (χ2n) is 5.77. The number of para-hydroxylation sites is 2. The third-order valence-electron chi connectivity index (χ3n) is 4.19. The van der Waals surface area contributed by atoms with Crippen molar-refractivity contribution in [1.82, 2.24) is 14.5 Å². The Hall–Kier alpha value is -3.78. The average Bonchev–Trinajstić information content (AvgIpc) is 3.32. The number of hydrogen-bond acceptors (Lipinski definition) is 3. The maximum absolute atomic E-state index is 9.63. The van der Waals surface area contributed by atoms with E-state index < -0.39 is 0 Å². The van der Waals surface area contributed by atoms with Gasteiger partial charge in [0.25, 0.3) is 0 Å². The molecule has 0 spiro atoms. The van der Waals surface area contributed by atoms with Gasteiger partial charge in [-0.3, -0.25) is 0 Å². The molecule has 0 saturated carbocycles. The number of nitriles is 1. The second-order valence-corrected chi connectivity index (χ2v) is 5.77. The van der Waals surface area contributed by atoms with Crippen LogP contribution in [0.2, 0.25) is 0 Å². The predicted molar refractivity (Wildman–Crippen MR) is 102 cm³/mol. The Bertz CT molecular complexity index is 1090. The zero-order valence-corrected chi connectivity index (χ0v) is 14.2. The van der Waals surface area contributed by atoms with E-state index in [1.54, 1.807) is 7.11 Å². The van der Waals surface area contributed by atoms with Crippen molar-refractivity contribution in [2.24, 2.45) is 0 Å². The van der Waals surface area contributed by atoms with Crippen LogP contribution in [-0.4, -0.2) is 21.6 Å². The van der Waals surface area contributed by atoms with Crippen molar-refractivity contribution < 1.29 is 4.74 Å². The van der Waals surface area contributed by atoms with Gasteiger partial charge in [0.05, 0.1) is 23.7 Å². The fourth-order valence-corrected chi connectivity index (χ4v) is 2.87. The highest BCUT2D eigenvalue weighted by molar-refractivity contribution is 5.90. The summed E-state index contributed by atoms with van der Waals surface area (Å²) in [6, 6.07) is 21.7. The summed E-state index contributed by atoms with van der Waals surface area (Å²) < 4.78 is 7.22. The number of nitrogens with zero attached hydrogens (tertiary/aromatic N) is 3. The molecule has 0 aliphatic carbocycles. The van der Waals surface area contributed by atoms with Gasteiger partial charge in [0, 0.05) is 17.6 Å². The number of imidazole rings is 1. The molecule has 0 amide bonds. The number of ether oxygens (including phenoxy) is 1. The lowest BCUT2D eigenvalue weighted by Gasteiger charge is -2.08. The topological polar surface area (TPSA) is 66.6 Å². The van der Waals surface area contributed by atoms with Crippen LogP contribution in [0.15, 0.2) is 66.9 Å². The van der Waals surface area contributed by atoms with Gasteiger partial charge in [0.1, 0.15) is 17.6 Å². The van der Waals surface area contributed by atoms with Crippen LogP contribution in [-0.2, 0) is 0 Å². The van der Waals surface area contributed by atoms with Gasteiger partial charge in [0.2, 0.25) is 0 Å². The first-order valence-corrected chi connectivity index (χ1v) is 8.17. The molecule has 2 aromatic heterocycles. The minimum Gasteiger partial charge on any atom is -0.497 e. The maximum atomic E-state index is 9.63. The normalized spacial score (nSPS) is 11.5. The first-order valence-electron chi connectivity index (χ1n) is 8.17. The first kappa shape index (κ1) is 15.7. The lowest BCUT2D eigenvalue weighted by atomic mass is 10.2. The summed E-state index contributed by atoms with van der Waals surface area (Å²) in [5.74, 6) is 1.37. The van der Waals surface area contributed by atoms with Gasteiger partial charge >= 0.3 is 0 Å². The SMILES string of the molecule is COc1ccc(-n2cccc2/C=C(/C#N)c2nc3ccccc3[nH]2)cc1. The van der Waals surface area contributed by atoms with Gasteiger partial charge in [-0.2, -0.15) is 5.26 Å². The van der Waals surface area contributed by atoms with Crippen LogP contribution in [0.3, 0.4) is 0 Å². The van der Waals surface area contributed by atoms with Crippen LogP contribution >= 0.6 is 0 Å². The smallest absolute Gasteiger partial charge is 0.149 e. The van der Waals surface area contributed by atoms with Gasteiger partial charge in [0.15, 0.2) is 0 Å². The van der Waals surface area contributed by atoms with Crippen molar-refractivity contribution >= 4 is 22.7 Å². The van der Waals surface area contributed by atoms with E-state index >= 15 is 0 Å². The molecule has 4 rings (SSSR count). The molecule has 0 unspecified atom stereocenters. The third-order valence-corrected chi connectivity index (χ3v) is 4.19. The summed E-state index contributed by atoms with van der Waals surface area (Å²) in [6.07, 6.45) is 3.79. The van der Waals surface area contributed by atoms with E-state index in [4.69, 9.17) is 4.74 Å². The van der Waals surface area contributed by atoms with E-state index in [9.17, 15) is 5.26 Å². The number of aromatic amines is 1. The lowest BCUT2D eigenvalue weighted by Crippen LogP contribution is -1.96. The van der Waals surface area contributed by atoms with E-state index in [1.807, 2.05) is 77.5 Å². The van der Waals surface area contributed by atoms with Crippen molar-refractivity contribution in [3.8, 4) is 17.5 Å². The van der Waals surface area contributed by atoms with E-state index in [0.717, 1.165) is 28.2 Å². The van der Waals surface area contributed by atoms with Crippen molar-refractivity contribution in [3.05, 3.63) is 78.4 Å². The van der Waals surface area contributed by atoms with Crippen LogP contribution < -0.4 is 4.74 Å². The molecule has 0 atom stereocenters. The third kappa shape index (κ3) is 2.85. The van der Waals surface area contributed by atoms with Gasteiger partial charge in [-0.05, 0) is 54.6 Å². The number of allylic oxidation sites excluding steroid dienone is 1. The number of benzene rings is 2. The van der Waals surface area contributed by atoms with Gasteiger partial charge in [-0.1, -0.05) is 12.1 Å². The Morgan fingerprint density at radius 3 is 2.65 bits per heavy atom. The molecule has 26 heavy (non-hydrogen) atoms. The molecular weight excluding hydrogens is 324 g/mol. The highest BCUT2D eigenvalue weighted by atomic mass is 16.5. The largest absolute Gasteiger partial charge is 0.497 e. The molecule has 0 aliphatic heterocycles. The summed E-state index contributed by atoms with van der Waals surface area (Å²) in [5.41, 5.74) is 4.12. The van der Waals surface area contributed by atoms with Crippen molar-refractivity contribution in [2.75, 3.05) is 7.11 Å². The van der Waals surface area contributed by atoms with Crippen molar-refractivity contribution in [2.45, 2.75) is 0 Å². The number of hydrogen-bond donors (Lipinski definition) is 1. The Kier molecular flexibility index (Phi) is 4.00. The summed E-state index contributed by atoms with van der Waals surface area (Å²) >= 11 is 0. The second kappa shape index (κ2) is 6.61. The zero-order chi connectivity index (χ0) is 17.9. The molecule has 2 aromatic carbocycles. The van der Waals surface area contributed by atoms with E-state index in [2.05, 4.69) is 16.0 Å². The van der Waals surface area contributed by atoms with Crippen molar-refractivity contribution in [3.63, 3.8) is 0 Å². The van der Waals surface area contributed by atoms with Crippen LogP contribution in [0.1, 0.15) is 11.5 Å². The van der Waals surface area contributed by atoms with E-state index in [1.165, 1.54) is 0 Å². The van der Waals surface area contributed by atoms with Crippen LogP contribution in [0.5, 0.6) is 5.75 Å². The minimum atomic E-state index is 0.481. The van der Waals surface area contributed by atoms with Crippen LogP contribution in [0.25, 0.3) is 28.4 Å². The zero-order valence-electron chi connectivity index (χ0n) is 14.2. The summed E-state index contributed by atoms with van der Waals surface area (Å²) in [7, 11) is 1.64. The lowest BCUT2D eigenvalue weighted by molar-refractivity contribution is 0.414. The van der Waals surface area contributed by atoms with Gasteiger partial charge in [-0.15, -0.1) is 0 Å². The monoisotopic (exact) mass is 340 g/mol. The Morgan fingerprint density at radius 1 is 1.12 bits per heavy atom. The summed E-state index contributed by atoms with van der Waals surface area (Å²) in [4.78, 5) is 7.72. The summed E-state index contributed by atoms with van der Waals surface area (Å²) in [6.45, 7) is 0. The number of rotatable bonds is 4. The number of methoxy groups -OCH3 is 1. The standard InChI is InChI=1S/C21H16N4O/c1-26-18-10-8-16(9-11-18)25-12-4-5-17(25)13-15(14-22)21-23-19-6-2-3-7-20(19)24-21/h2-13H,1H3,(H,23,24)/b15-13-. The highest BCUT2D eigenvalue weighted by Crippen LogP contribution is 2.22. The number of nitrogens with one attached hydrogen (secondary N) is 1. The number of aromatic nitrogens is 3. The minimum absolute atomic E-state index is 0.481. The van der Waals surface area contributed by atoms with Crippen LogP contribution in [0.4, 0.5) is 0 Å². The molecule has 4 aromatic rings. The predicted octanol–water partition coefficient (Wildman–Crippen LogP) is 4.43. The van der Waals surface area contributed by atoms with Crippen molar-refractivity contribution in [1.29, 1.82) is 5.26 Å². The molecule has 126 valence electrons. The highest BCUT2D eigenvalue weighted by Gasteiger charge is 2.09.